The van der Waals surface area contributed by atoms with Crippen LogP contribution in [0.15, 0.2) is 22.7 Å². The molecule has 17 heavy (non-hydrogen) atoms. The van der Waals surface area contributed by atoms with Gasteiger partial charge in [-0.15, -0.1) is 0 Å². The lowest BCUT2D eigenvalue weighted by Gasteiger charge is -2.20. The molecule has 1 aromatic rings. The van der Waals surface area contributed by atoms with E-state index in [4.69, 9.17) is 11.6 Å². The second-order valence-corrected chi connectivity index (χ2v) is 6.02. The molecule has 0 heterocycles. The van der Waals surface area contributed by atoms with E-state index in [2.05, 4.69) is 51.0 Å². The van der Waals surface area contributed by atoms with Crippen molar-refractivity contribution in [1.29, 1.82) is 0 Å². The summed E-state index contributed by atoms with van der Waals surface area (Å²) in [5.74, 6) is 0.301. The molecule has 1 N–H and O–H groups in total. The average Bonchev–Trinajstić information content (AvgIpc) is 2.28. The zero-order chi connectivity index (χ0) is 13.0. The molecular formula is C12H14Br2ClNO. The topological polar surface area (TPSA) is 29.1 Å². The highest BCUT2D eigenvalue weighted by atomic mass is 79.9. The molecule has 1 rings (SSSR count). The van der Waals surface area contributed by atoms with E-state index in [0.29, 0.717) is 16.5 Å². The molecule has 0 aliphatic heterocycles. The fourth-order valence-electron chi connectivity index (χ4n) is 1.27. The fourth-order valence-corrected chi connectivity index (χ4v) is 2.68. The lowest BCUT2D eigenvalue weighted by atomic mass is 10.1. The van der Waals surface area contributed by atoms with Crippen molar-refractivity contribution in [1.82, 2.24) is 5.32 Å². The van der Waals surface area contributed by atoms with Crippen LogP contribution in [0.1, 0.15) is 24.2 Å². The minimum atomic E-state index is -0.0829. The molecule has 0 saturated carbocycles. The Morgan fingerprint density at radius 1 is 1.47 bits per heavy atom. The molecule has 0 spiro atoms. The monoisotopic (exact) mass is 381 g/mol. The molecular weight excluding hydrogens is 369 g/mol. The molecule has 0 fully saturated rings. The number of hydrogen-bond acceptors (Lipinski definition) is 1. The van der Waals surface area contributed by atoms with Crippen LogP contribution in [-0.4, -0.2) is 17.3 Å². The quantitative estimate of drug-likeness (QED) is 0.774. The Hall–Kier alpha value is -0.0600. The van der Waals surface area contributed by atoms with Crippen LogP contribution in [0.2, 0.25) is 5.02 Å². The summed E-state index contributed by atoms with van der Waals surface area (Å²) in [7, 11) is 0. The molecule has 0 saturated heterocycles. The van der Waals surface area contributed by atoms with Gasteiger partial charge in [0.05, 0.1) is 5.02 Å². The van der Waals surface area contributed by atoms with Crippen LogP contribution in [0.25, 0.3) is 0 Å². The minimum absolute atomic E-state index is 0.0829. The van der Waals surface area contributed by atoms with Crippen LogP contribution < -0.4 is 5.32 Å². The summed E-state index contributed by atoms with van der Waals surface area (Å²) in [6.07, 6.45) is 0. The third-order valence-electron chi connectivity index (χ3n) is 2.47. The van der Waals surface area contributed by atoms with Crippen molar-refractivity contribution >= 4 is 49.4 Å². The van der Waals surface area contributed by atoms with Crippen molar-refractivity contribution in [3.63, 3.8) is 0 Å². The van der Waals surface area contributed by atoms with Crippen LogP contribution in [0, 0.1) is 5.92 Å². The third kappa shape index (κ3) is 4.27. The summed E-state index contributed by atoms with van der Waals surface area (Å²) in [5, 5.41) is 4.32. The van der Waals surface area contributed by atoms with Gasteiger partial charge in [-0.25, -0.2) is 0 Å². The summed E-state index contributed by atoms with van der Waals surface area (Å²) in [5.41, 5.74) is 0.605. The first-order chi connectivity index (χ1) is 7.95. The predicted molar refractivity (Wildman–Crippen MR) is 79.0 cm³/mol. The van der Waals surface area contributed by atoms with Gasteiger partial charge in [-0.1, -0.05) is 41.4 Å². The molecule has 94 valence electrons. The zero-order valence-electron chi connectivity index (χ0n) is 9.64. The Balaban J connectivity index is 2.79. The van der Waals surface area contributed by atoms with Gasteiger partial charge in [0.2, 0.25) is 0 Å². The van der Waals surface area contributed by atoms with E-state index in [0.717, 1.165) is 9.80 Å². The van der Waals surface area contributed by atoms with E-state index in [1.54, 1.807) is 18.2 Å². The van der Waals surface area contributed by atoms with E-state index in [1.807, 2.05) is 0 Å². The van der Waals surface area contributed by atoms with Crippen molar-refractivity contribution in [2.45, 2.75) is 19.9 Å². The largest absolute Gasteiger partial charge is 0.348 e. The van der Waals surface area contributed by atoms with Crippen LogP contribution in [-0.2, 0) is 0 Å². The van der Waals surface area contributed by atoms with Gasteiger partial charge in [0.1, 0.15) is 0 Å². The number of alkyl halides is 1. The molecule has 1 amide bonds. The van der Waals surface area contributed by atoms with E-state index < -0.39 is 0 Å². The molecule has 2 nitrogen and oxygen atoms in total. The molecule has 0 bridgehead atoms. The number of rotatable bonds is 4. The van der Waals surface area contributed by atoms with Gasteiger partial charge in [0, 0.05) is 21.4 Å². The minimum Gasteiger partial charge on any atom is -0.348 e. The first kappa shape index (κ1) is 15.0. The maximum Gasteiger partial charge on any atom is 0.251 e. The normalized spacial score (nSPS) is 12.6. The number of carbonyl (C=O) groups excluding carboxylic acids is 1. The summed E-state index contributed by atoms with van der Waals surface area (Å²) >= 11 is 12.6. The van der Waals surface area contributed by atoms with Crippen LogP contribution in [0.4, 0.5) is 0 Å². The van der Waals surface area contributed by atoms with Crippen molar-refractivity contribution in [2.75, 3.05) is 5.33 Å². The van der Waals surface area contributed by atoms with E-state index in [-0.39, 0.29) is 11.9 Å². The van der Waals surface area contributed by atoms with Gasteiger partial charge in [-0.3, -0.25) is 4.79 Å². The molecule has 0 aliphatic carbocycles. The first-order valence-corrected chi connectivity index (χ1v) is 7.56. The number of amides is 1. The average molecular weight is 384 g/mol. The van der Waals surface area contributed by atoms with Crippen molar-refractivity contribution in [3.8, 4) is 0 Å². The first-order valence-electron chi connectivity index (χ1n) is 5.27. The Labute approximate surface area is 123 Å². The van der Waals surface area contributed by atoms with Crippen LogP contribution in [0.3, 0.4) is 0 Å². The van der Waals surface area contributed by atoms with E-state index in [1.165, 1.54) is 0 Å². The summed E-state index contributed by atoms with van der Waals surface area (Å²) < 4.78 is 0.728. The summed E-state index contributed by atoms with van der Waals surface area (Å²) in [4.78, 5) is 12.0. The highest BCUT2D eigenvalue weighted by molar-refractivity contribution is 9.10. The predicted octanol–water partition coefficient (Wildman–Crippen LogP) is 4.25. The van der Waals surface area contributed by atoms with Gasteiger partial charge in [0.15, 0.2) is 0 Å². The third-order valence-corrected chi connectivity index (χ3v) is 4.38. The Morgan fingerprint density at radius 3 is 2.59 bits per heavy atom. The molecule has 1 unspecified atom stereocenters. The van der Waals surface area contributed by atoms with Gasteiger partial charge < -0.3 is 5.32 Å². The molecule has 5 heteroatoms. The molecule has 1 aromatic carbocycles. The highest BCUT2D eigenvalue weighted by Gasteiger charge is 2.16. The lowest BCUT2D eigenvalue weighted by molar-refractivity contribution is 0.0931. The van der Waals surface area contributed by atoms with Crippen molar-refractivity contribution < 1.29 is 4.79 Å². The van der Waals surface area contributed by atoms with Gasteiger partial charge in [0.25, 0.3) is 5.91 Å². The van der Waals surface area contributed by atoms with Gasteiger partial charge >= 0.3 is 0 Å². The lowest BCUT2D eigenvalue weighted by Crippen LogP contribution is -2.39. The SMILES string of the molecule is CC(C)C(CBr)NC(=O)c1ccc(Cl)c(Br)c1. The Morgan fingerprint density at radius 2 is 2.12 bits per heavy atom. The highest BCUT2D eigenvalue weighted by Crippen LogP contribution is 2.23. The summed E-state index contributed by atoms with van der Waals surface area (Å²) in [6.45, 7) is 4.15. The summed E-state index contributed by atoms with van der Waals surface area (Å²) in [6, 6.07) is 5.27. The molecule has 0 aromatic heterocycles. The molecule has 1 atom stereocenters. The molecule has 0 radical (unpaired) electrons. The van der Waals surface area contributed by atoms with E-state index >= 15 is 0 Å². The Kier molecular flexibility index (Phi) is 5.97. The maximum atomic E-state index is 12.0. The van der Waals surface area contributed by atoms with Crippen molar-refractivity contribution in [2.24, 2.45) is 5.92 Å². The number of halogens is 3. The van der Waals surface area contributed by atoms with Gasteiger partial charge in [-0.2, -0.15) is 0 Å². The standard InChI is InChI=1S/C12H14Br2ClNO/c1-7(2)11(6-13)16-12(17)8-3-4-10(15)9(14)5-8/h3-5,7,11H,6H2,1-2H3,(H,16,17). The second-order valence-electron chi connectivity index (χ2n) is 4.11. The van der Waals surface area contributed by atoms with E-state index in [9.17, 15) is 4.79 Å². The van der Waals surface area contributed by atoms with Crippen LogP contribution >= 0.6 is 43.5 Å². The van der Waals surface area contributed by atoms with Gasteiger partial charge in [-0.05, 0) is 40.0 Å². The Bertz CT molecular complexity index is 409. The molecule has 0 aliphatic rings. The number of nitrogens with one attached hydrogen (secondary N) is 1. The van der Waals surface area contributed by atoms with Crippen LogP contribution in [0.5, 0.6) is 0 Å². The fraction of sp³-hybridized carbons (Fsp3) is 0.417. The second kappa shape index (κ2) is 6.76. The number of carbonyl (C=O) groups is 1. The number of benzene rings is 1. The van der Waals surface area contributed by atoms with Crippen molar-refractivity contribution in [3.05, 3.63) is 33.3 Å². The smallest absolute Gasteiger partial charge is 0.251 e. The maximum absolute atomic E-state index is 12.0. The zero-order valence-corrected chi connectivity index (χ0v) is 13.6. The number of hydrogen-bond donors (Lipinski definition) is 1.